The Hall–Kier alpha value is -0.500. The van der Waals surface area contributed by atoms with Crippen LogP contribution >= 0.6 is 11.8 Å². The minimum atomic E-state index is -3.48. The van der Waals surface area contributed by atoms with Crippen molar-refractivity contribution in [2.45, 2.75) is 50.7 Å². The quantitative estimate of drug-likeness (QED) is 0.838. The Bertz CT molecular complexity index is 546. The minimum Gasteiger partial charge on any atom is -0.464 e. The van der Waals surface area contributed by atoms with Crippen LogP contribution in [0.15, 0.2) is 15.4 Å². The van der Waals surface area contributed by atoms with Crippen LogP contribution in [0.4, 0.5) is 0 Å². The Labute approximate surface area is 124 Å². The SMILES string of the molecule is Cc1oc(CNC(C)C)cc1S(=O)(=O)NC1CCSC1. The van der Waals surface area contributed by atoms with Crippen molar-refractivity contribution in [2.75, 3.05) is 11.5 Å². The topological polar surface area (TPSA) is 71.3 Å². The Balaban J connectivity index is 2.10. The number of thioether (sulfide) groups is 1. The van der Waals surface area contributed by atoms with Gasteiger partial charge in [0, 0.05) is 23.9 Å². The van der Waals surface area contributed by atoms with Crippen molar-refractivity contribution < 1.29 is 12.8 Å². The number of rotatable bonds is 6. The van der Waals surface area contributed by atoms with Crippen molar-refractivity contribution in [1.29, 1.82) is 0 Å². The van der Waals surface area contributed by atoms with E-state index in [1.54, 1.807) is 24.8 Å². The summed E-state index contributed by atoms with van der Waals surface area (Å²) < 4.78 is 33.0. The molecule has 2 rings (SSSR count). The summed E-state index contributed by atoms with van der Waals surface area (Å²) in [6, 6.07) is 1.99. The van der Waals surface area contributed by atoms with Gasteiger partial charge in [-0.25, -0.2) is 13.1 Å². The summed E-state index contributed by atoms with van der Waals surface area (Å²) >= 11 is 1.78. The van der Waals surface area contributed by atoms with E-state index in [0.717, 1.165) is 17.9 Å². The van der Waals surface area contributed by atoms with Crippen molar-refractivity contribution >= 4 is 21.8 Å². The Morgan fingerprint density at radius 3 is 2.85 bits per heavy atom. The molecular weight excluding hydrogens is 296 g/mol. The molecule has 0 saturated carbocycles. The largest absolute Gasteiger partial charge is 0.464 e. The molecule has 20 heavy (non-hydrogen) atoms. The highest BCUT2D eigenvalue weighted by molar-refractivity contribution is 7.99. The first-order valence-electron chi connectivity index (χ1n) is 6.81. The monoisotopic (exact) mass is 318 g/mol. The predicted octanol–water partition coefficient (Wildman–Crippen LogP) is 1.87. The molecule has 1 aromatic rings. The van der Waals surface area contributed by atoms with Gasteiger partial charge in [-0.05, 0) is 19.1 Å². The van der Waals surface area contributed by atoms with Gasteiger partial charge in [-0.2, -0.15) is 11.8 Å². The summed E-state index contributed by atoms with van der Waals surface area (Å²) in [4.78, 5) is 0.259. The molecule has 0 amide bonds. The van der Waals surface area contributed by atoms with E-state index in [0.29, 0.717) is 24.1 Å². The molecule has 0 spiro atoms. The maximum atomic E-state index is 12.4. The summed E-state index contributed by atoms with van der Waals surface area (Å²) in [7, 11) is -3.48. The number of sulfonamides is 1. The molecule has 1 aliphatic rings. The van der Waals surface area contributed by atoms with Crippen LogP contribution in [0.2, 0.25) is 0 Å². The Kier molecular flexibility index (Phi) is 5.17. The van der Waals surface area contributed by atoms with Crippen LogP contribution in [-0.2, 0) is 16.6 Å². The van der Waals surface area contributed by atoms with Gasteiger partial charge in [-0.3, -0.25) is 0 Å². The Morgan fingerprint density at radius 2 is 2.25 bits per heavy atom. The van der Waals surface area contributed by atoms with Gasteiger partial charge in [0.2, 0.25) is 10.0 Å². The minimum absolute atomic E-state index is 0.0385. The smallest absolute Gasteiger partial charge is 0.244 e. The molecule has 1 fully saturated rings. The van der Waals surface area contributed by atoms with E-state index in [-0.39, 0.29) is 10.9 Å². The third kappa shape index (κ3) is 4.00. The molecule has 0 radical (unpaired) electrons. The lowest BCUT2D eigenvalue weighted by atomic mass is 10.3. The highest BCUT2D eigenvalue weighted by Gasteiger charge is 2.26. The summed E-state index contributed by atoms with van der Waals surface area (Å²) in [6.07, 6.45) is 0.891. The number of furan rings is 1. The van der Waals surface area contributed by atoms with Crippen LogP contribution < -0.4 is 10.0 Å². The van der Waals surface area contributed by atoms with Gasteiger partial charge in [-0.15, -0.1) is 0 Å². The molecule has 0 aliphatic carbocycles. The van der Waals surface area contributed by atoms with E-state index in [9.17, 15) is 8.42 Å². The van der Waals surface area contributed by atoms with Gasteiger partial charge in [0.15, 0.2) is 0 Å². The first-order valence-corrected chi connectivity index (χ1v) is 9.45. The zero-order chi connectivity index (χ0) is 14.8. The standard InChI is InChI=1S/C13H22N2O3S2/c1-9(2)14-7-12-6-13(10(3)18-12)20(16,17)15-11-4-5-19-8-11/h6,9,11,14-15H,4-5,7-8H2,1-3H3. The summed E-state index contributed by atoms with van der Waals surface area (Å²) in [5, 5.41) is 3.21. The third-order valence-electron chi connectivity index (χ3n) is 3.15. The molecule has 1 aliphatic heterocycles. The summed E-state index contributed by atoms with van der Waals surface area (Å²) in [6.45, 7) is 6.30. The van der Waals surface area contributed by atoms with Crippen LogP contribution in [-0.4, -0.2) is 32.0 Å². The maximum Gasteiger partial charge on any atom is 0.244 e. The van der Waals surface area contributed by atoms with Crippen molar-refractivity contribution in [2.24, 2.45) is 0 Å². The van der Waals surface area contributed by atoms with Gasteiger partial charge < -0.3 is 9.73 Å². The third-order valence-corrected chi connectivity index (χ3v) is 5.94. The molecule has 0 aromatic carbocycles. The van der Waals surface area contributed by atoms with Crippen molar-refractivity contribution in [3.05, 3.63) is 17.6 Å². The molecule has 5 nitrogen and oxygen atoms in total. The molecule has 114 valence electrons. The van der Waals surface area contributed by atoms with Gasteiger partial charge in [0.1, 0.15) is 16.4 Å². The highest BCUT2D eigenvalue weighted by atomic mass is 32.2. The molecule has 2 heterocycles. The van der Waals surface area contributed by atoms with E-state index in [1.165, 1.54) is 0 Å². The van der Waals surface area contributed by atoms with Crippen LogP contribution in [0.1, 0.15) is 31.8 Å². The van der Waals surface area contributed by atoms with E-state index in [2.05, 4.69) is 10.0 Å². The van der Waals surface area contributed by atoms with Crippen molar-refractivity contribution in [3.8, 4) is 0 Å². The number of hydrogen-bond acceptors (Lipinski definition) is 5. The maximum absolute atomic E-state index is 12.4. The lowest BCUT2D eigenvalue weighted by Crippen LogP contribution is -2.34. The van der Waals surface area contributed by atoms with Gasteiger partial charge in [0.05, 0.1) is 6.54 Å². The predicted molar refractivity (Wildman–Crippen MR) is 81.5 cm³/mol. The van der Waals surface area contributed by atoms with Crippen LogP contribution in [0.25, 0.3) is 0 Å². The molecule has 7 heteroatoms. The second-order valence-corrected chi connectivity index (χ2v) is 8.18. The molecule has 1 atom stereocenters. The first-order chi connectivity index (χ1) is 9.38. The second-order valence-electron chi connectivity index (χ2n) is 5.35. The fraction of sp³-hybridized carbons (Fsp3) is 0.692. The Morgan fingerprint density at radius 1 is 1.50 bits per heavy atom. The second kappa shape index (κ2) is 6.51. The summed E-state index contributed by atoms with van der Waals surface area (Å²) in [5.74, 6) is 2.96. The number of aryl methyl sites for hydroxylation is 1. The summed E-state index contributed by atoms with van der Waals surface area (Å²) in [5.41, 5.74) is 0. The van der Waals surface area contributed by atoms with Crippen LogP contribution in [0.5, 0.6) is 0 Å². The average Bonchev–Trinajstić information content (AvgIpc) is 2.95. The molecule has 1 saturated heterocycles. The molecule has 0 bridgehead atoms. The van der Waals surface area contributed by atoms with E-state index in [1.807, 2.05) is 13.8 Å². The van der Waals surface area contributed by atoms with E-state index in [4.69, 9.17) is 4.42 Å². The number of hydrogen-bond donors (Lipinski definition) is 2. The lowest BCUT2D eigenvalue weighted by molar-refractivity contribution is 0.444. The van der Waals surface area contributed by atoms with Gasteiger partial charge >= 0.3 is 0 Å². The zero-order valence-electron chi connectivity index (χ0n) is 12.1. The van der Waals surface area contributed by atoms with Crippen LogP contribution in [0.3, 0.4) is 0 Å². The van der Waals surface area contributed by atoms with E-state index >= 15 is 0 Å². The number of nitrogens with one attached hydrogen (secondary N) is 2. The first kappa shape index (κ1) is 15.9. The van der Waals surface area contributed by atoms with Crippen molar-refractivity contribution in [3.63, 3.8) is 0 Å². The lowest BCUT2D eigenvalue weighted by Gasteiger charge is -2.10. The normalized spacial score (nSPS) is 19.9. The zero-order valence-corrected chi connectivity index (χ0v) is 13.7. The fourth-order valence-corrected chi connectivity index (χ4v) is 4.82. The van der Waals surface area contributed by atoms with Gasteiger partial charge in [0.25, 0.3) is 0 Å². The van der Waals surface area contributed by atoms with Crippen LogP contribution in [0, 0.1) is 6.92 Å². The fourth-order valence-electron chi connectivity index (χ4n) is 2.09. The molecular formula is C13H22N2O3S2. The van der Waals surface area contributed by atoms with E-state index < -0.39 is 10.0 Å². The molecule has 1 unspecified atom stereocenters. The van der Waals surface area contributed by atoms with Crippen molar-refractivity contribution in [1.82, 2.24) is 10.0 Å². The molecule has 1 aromatic heterocycles. The molecule has 2 N–H and O–H groups in total. The van der Waals surface area contributed by atoms with Gasteiger partial charge in [-0.1, -0.05) is 13.8 Å². The highest BCUT2D eigenvalue weighted by Crippen LogP contribution is 2.23. The average molecular weight is 318 g/mol.